The Bertz CT molecular complexity index is 580. The van der Waals surface area contributed by atoms with Crippen molar-refractivity contribution in [1.29, 1.82) is 0 Å². The Balaban J connectivity index is 1.78. The third kappa shape index (κ3) is 6.26. The zero-order chi connectivity index (χ0) is 19.0. The fourth-order valence-electron chi connectivity index (χ4n) is 2.86. The van der Waals surface area contributed by atoms with E-state index in [9.17, 15) is 9.90 Å². The van der Waals surface area contributed by atoms with E-state index in [0.29, 0.717) is 12.5 Å². The number of amides is 1. The summed E-state index contributed by atoms with van der Waals surface area (Å²) in [5.74, 6) is 0.869. The minimum absolute atomic E-state index is 0.155. The van der Waals surface area contributed by atoms with E-state index in [1.165, 1.54) is 11.3 Å². The molecule has 1 atom stereocenters. The lowest BCUT2D eigenvalue weighted by atomic mass is 10.1. The Morgan fingerprint density at radius 2 is 2.08 bits per heavy atom. The first-order chi connectivity index (χ1) is 12.4. The van der Waals surface area contributed by atoms with Crippen LogP contribution in [0.5, 0.6) is 0 Å². The van der Waals surface area contributed by atoms with Gasteiger partial charge in [0.15, 0.2) is 5.96 Å². The molecule has 2 heterocycles. The molecule has 8 heteroatoms. The summed E-state index contributed by atoms with van der Waals surface area (Å²) in [5, 5.41) is 19.1. The highest BCUT2D eigenvalue weighted by atomic mass is 32.1. The summed E-state index contributed by atoms with van der Waals surface area (Å²) < 4.78 is 0. The number of nitrogens with one attached hydrogen (secondary N) is 2. The van der Waals surface area contributed by atoms with Crippen molar-refractivity contribution in [3.63, 3.8) is 0 Å². The van der Waals surface area contributed by atoms with Gasteiger partial charge in [-0.2, -0.15) is 0 Å². The highest BCUT2D eigenvalue weighted by Gasteiger charge is 2.24. The molecule has 146 valence electrons. The minimum Gasteiger partial charge on any atom is -0.383 e. The molecule has 1 aromatic heterocycles. The van der Waals surface area contributed by atoms with Crippen LogP contribution >= 0.6 is 11.3 Å². The average molecular weight is 382 g/mol. The predicted molar refractivity (Wildman–Crippen MR) is 107 cm³/mol. The van der Waals surface area contributed by atoms with Gasteiger partial charge in [-0.1, -0.05) is 6.07 Å². The van der Waals surface area contributed by atoms with E-state index in [1.807, 2.05) is 29.3 Å². The number of aliphatic imine (C=N–C) groups is 1. The first-order valence-corrected chi connectivity index (χ1v) is 10.1. The van der Waals surface area contributed by atoms with Crippen molar-refractivity contribution in [3.05, 3.63) is 22.4 Å². The maximum atomic E-state index is 11.4. The van der Waals surface area contributed by atoms with Crippen LogP contribution in [0.1, 0.15) is 25.6 Å². The van der Waals surface area contributed by atoms with E-state index in [0.717, 1.165) is 50.7 Å². The SMILES string of the molecule is CCNC(=NCC(C)(O)c1cccs1)NCCN1CCN(C(C)=O)CC1. The lowest BCUT2D eigenvalue weighted by Gasteiger charge is -2.34. The van der Waals surface area contributed by atoms with Crippen LogP contribution in [0.4, 0.5) is 0 Å². The van der Waals surface area contributed by atoms with Crippen molar-refractivity contribution in [2.75, 3.05) is 52.4 Å². The summed E-state index contributed by atoms with van der Waals surface area (Å²) in [6.45, 7) is 11.6. The second-order valence-electron chi connectivity index (χ2n) is 6.72. The van der Waals surface area contributed by atoms with Gasteiger partial charge in [-0.05, 0) is 25.3 Å². The highest BCUT2D eigenvalue weighted by Crippen LogP contribution is 2.25. The van der Waals surface area contributed by atoms with Gasteiger partial charge in [-0.15, -0.1) is 11.3 Å². The molecule has 2 rings (SSSR count). The lowest BCUT2D eigenvalue weighted by molar-refractivity contribution is -0.130. The van der Waals surface area contributed by atoms with Crippen LogP contribution in [0.25, 0.3) is 0 Å². The molecular formula is C18H31N5O2S. The molecule has 0 spiro atoms. The Labute approximate surface area is 160 Å². The highest BCUT2D eigenvalue weighted by molar-refractivity contribution is 7.10. The molecule has 1 amide bonds. The maximum Gasteiger partial charge on any atom is 0.219 e. The molecule has 7 nitrogen and oxygen atoms in total. The quantitative estimate of drug-likeness (QED) is 0.478. The van der Waals surface area contributed by atoms with Gasteiger partial charge in [-0.3, -0.25) is 9.69 Å². The van der Waals surface area contributed by atoms with Crippen LogP contribution in [0.15, 0.2) is 22.5 Å². The van der Waals surface area contributed by atoms with Crippen molar-refractivity contribution in [2.45, 2.75) is 26.4 Å². The van der Waals surface area contributed by atoms with Crippen molar-refractivity contribution in [2.24, 2.45) is 4.99 Å². The van der Waals surface area contributed by atoms with Gasteiger partial charge in [0.2, 0.25) is 5.91 Å². The molecule has 0 aromatic carbocycles. The summed E-state index contributed by atoms with van der Waals surface area (Å²) in [5.41, 5.74) is -0.959. The summed E-state index contributed by atoms with van der Waals surface area (Å²) >= 11 is 1.54. The number of hydrogen-bond donors (Lipinski definition) is 3. The molecule has 26 heavy (non-hydrogen) atoms. The van der Waals surface area contributed by atoms with Crippen molar-refractivity contribution in [1.82, 2.24) is 20.4 Å². The molecule has 1 unspecified atom stereocenters. The number of carbonyl (C=O) groups is 1. The number of guanidine groups is 1. The monoisotopic (exact) mass is 381 g/mol. The van der Waals surface area contributed by atoms with Gasteiger partial charge in [0, 0.05) is 57.6 Å². The van der Waals surface area contributed by atoms with Gasteiger partial charge in [0.1, 0.15) is 5.60 Å². The number of nitrogens with zero attached hydrogens (tertiary/aromatic N) is 3. The van der Waals surface area contributed by atoms with Crippen LogP contribution < -0.4 is 10.6 Å². The van der Waals surface area contributed by atoms with Gasteiger partial charge >= 0.3 is 0 Å². The fourth-order valence-corrected chi connectivity index (χ4v) is 3.64. The summed E-state index contributed by atoms with van der Waals surface area (Å²) in [6, 6.07) is 3.87. The number of aliphatic hydroxyl groups is 1. The molecule has 1 fully saturated rings. The first-order valence-electron chi connectivity index (χ1n) is 9.19. The molecule has 1 aliphatic heterocycles. The fraction of sp³-hybridized carbons (Fsp3) is 0.667. The number of rotatable bonds is 7. The summed E-state index contributed by atoms with van der Waals surface area (Å²) in [6.07, 6.45) is 0. The largest absolute Gasteiger partial charge is 0.383 e. The second kappa shape index (κ2) is 9.89. The Kier molecular flexibility index (Phi) is 7.86. The molecule has 1 aromatic rings. The van der Waals surface area contributed by atoms with E-state index in [-0.39, 0.29) is 5.91 Å². The normalized spacial score (nSPS) is 18.5. The standard InChI is InChI=1S/C18H31N5O2S/c1-4-19-17(21-14-18(3,25)16-6-5-13-26-16)20-7-8-22-9-11-23(12-10-22)15(2)24/h5-6,13,25H,4,7-12,14H2,1-3H3,(H2,19,20,21). The third-order valence-electron chi connectivity index (χ3n) is 4.48. The summed E-state index contributed by atoms with van der Waals surface area (Å²) in [7, 11) is 0. The molecule has 0 aliphatic carbocycles. The Hall–Kier alpha value is -1.64. The summed E-state index contributed by atoms with van der Waals surface area (Å²) in [4.78, 5) is 21.1. The van der Waals surface area contributed by atoms with Crippen LogP contribution in [-0.2, 0) is 10.4 Å². The number of piperazine rings is 1. The van der Waals surface area contributed by atoms with Crippen LogP contribution in [0.2, 0.25) is 0 Å². The molecular weight excluding hydrogens is 350 g/mol. The number of hydrogen-bond acceptors (Lipinski definition) is 5. The van der Waals surface area contributed by atoms with Crippen LogP contribution in [-0.4, -0.2) is 79.1 Å². The second-order valence-corrected chi connectivity index (χ2v) is 7.67. The minimum atomic E-state index is -0.959. The number of carbonyl (C=O) groups excluding carboxylic acids is 1. The van der Waals surface area contributed by atoms with E-state index < -0.39 is 5.60 Å². The van der Waals surface area contributed by atoms with Gasteiger partial charge < -0.3 is 20.6 Å². The van der Waals surface area contributed by atoms with E-state index in [4.69, 9.17) is 0 Å². The van der Waals surface area contributed by atoms with Crippen LogP contribution in [0.3, 0.4) is 0 Å². The average Bonchev–Trinajstić information content (AvgIpc) is 3.16. The van der Waals surface area contributed by atoms with Crippen molar-refractivity contribution >= 4 is 23.2 Å². The van der Waals surface area contributed by atoms with Gasteiger partial charge in [-0.25, -0.2) is 4.99 Å². The van der Waals surface area contributed by atoms with Crippen molar-refractivity contribution < 1.29 is 9.90 Å². The van der Waals surface area contributed by atoms with Gasteiger partial charge in [0.25, 0.3) is 0 Å². The van der Waals surface area contributed by atoms with E-state index in [2.05, 4.69) is 20.5 Å². The molecule has 0 bridgehead atoms. The van der Waals surface area contributed by atoms with E-state index in [1.54, 1.807) is 13.8 Å². The Morgan fingerprint density at radius 1 is 1.35 bits per heavy atom. The lowest BCUT2D eigenvalue weighted by Crippen LogP contribution is -2.50. The zero-order valence-electron chi connectivity index (χ0n) is 16.0. The molecule has 0 saturated carbocycles. The molecule has 3 N–H and O–H groups in total. The van der Waals surface area contributed by atoms with E-state index >= 15 is 0 Å². The third-order valence-corrected chi connectivity index (χ3v) is 5.60. The maximum absolute atomic E-state index is 11.4. The molecule has 1 saturated heterocycles. The number of thiophene rings is 1. The van der Waals surface area contributed by atoms with Crippen molar-refractivity contribution in [3.8, 4) is 0 Å². The van der Waals surface area contributed by atoms with Crippen LogP contribution in [0, 0.1) is 0 Å². The Morgan fingerprint density at radius 3 is 2.65 bits per heavy atom. The predicted octanol–water partition coefficient (Wildman–Crippen LogP) is 0.675. The smallest absolute Gasteiger partial charge is 0.219 e. The topological polar surface area (TPSA) is 80.2 Å². The molecule has 1 aliphatic rings. The van der Waals surface area contributed by atoms with Gasteiger partial charge in [0.05, 0.1) is 6.54 Å². The molecule has 0 radical (unpaired) electrons. The first kappa shape index (κ1) is 20.7. The zero-order valence-corrected chi connectivity index (χ0v) is 16.8.